The average Bonchev–Trinajstić information content (AvgIpc) is 3.08. The molecule has 5 nitrogen and oxygen atoms in total. The highest BCUT2D eigenvalue weighted by Crippen LogP contribution is 2.19. The lowest BCUT2D eigenvalue weighted by Gasteiger charge is -2.02. The van der Waals surface area contributed by atoms with Crippen molar-refractivity contribution in [1.82, 2.24) is 15.5 Å². The number of nitrogens with zero attached hydrogens (tertiary/aromatic N) is 2. The van der Waals surface area contributed by atoms with Crippen LogP contribution in [0.1, 0.15) is 23.4 Å². The van der Waals surface area contributed by atoms with Crippen LogP contribution in [0.4, 0.5) is 0 Å². The molecule has 3 rings (SSSR count). The number of carbonyl (C=O) groups is 1. The van der Waals surface area contributed by atoms with E-state index in [1.807, 2.05) is 61.5 Å². The summed E-state index contributed by atoms with van der Waals surface area (Å²) >= 11 is 0. The molecule has 0 radical (unpaired) electrons. The molecule has 24 heavy (non-hydrogen) atoms. The number of nitrogens with one attached hydrogen (secondary N) is 1. The zero-order chi connectivity index (χ0) is 16.8. The largest absolute Gasteiger partial charge is 0.347 e. The van der Waals surface area contributed by atoms with Gasteiger partial charge in [0.25, 0.3) is 0 Å². The van der Waals surface area contributed by atoms with Crippen molar-refractivity contribution in [1.29, 1.82) is 0 Å². The Balaban J connectivity index is 1.52. The van der Waals surface area contributed by atoms with Crippen LogP contribution in [0.2, 0.25) is 0 Å². The normalized spacial score (nSPS) is 10.5. The molecule has 0 saturated heterocycles. The maximum atomic E-state index is 11.9. The lowest BCUT2D eigenvalue weighted by molar-refractivity contribution is -0.121. The van der Waals surface area contributed by atoms with E-state index < -0.39 is 0 Å². The second-order valence-corrected chi connectivity index (χ2v) is 5.59. The Hall–Kier alpha value is -2.95. The van der Waals surface area contributed by atoms with E-state index in [0.29, 0.717) is 24.6 Å². The molecule has 1 N–H and O–H groups in total. The van der Waals surface area contributed by atoms with Gasteiger partial charge in [-0.1, -0.05) is 59.8 Å². The van der Waals surface area contributed by atoms with Gasteiger partial charge < -0.3 is 9.84 Å². The van der Waals surface area contributed by atoms with Crippen LogP contribution in [0.15, 0.2) is 59.1 Å². The first-order valence-corrected chi connectivity index (χ1v) is 7.91. The van der Waals surface area contributed by atoms with Crippen molar-refractivity contribution in [2.24, 2.45) is 0 Å². The highest BCUT2D eigenvalue weighted by molar-refractivity contribution is 5.76. The SMILES string of the molecule is Cc1ccccc1-c1noc(CNC(=O)CCc2ccccc2)n1. The van der Waals surface area contributed by atoms with E-state index in [0.717, 1.165) is 16.7 Å². The first-order chi connectivity index (χ1) is 11.7. The zero-order valence-electron chi connectivity index (χ0n) is 13.5. The van der Waals surface area contributed by atoms with E-state index in [2.05, 4.69) is 15.5 Å². The van der Waals surface area contributed by atoms with Crippen LogP contribution >= 0.6 is 0 Å². The van der Waals surface area contributed by atoms with E-state index in [1.54, 1.807) is 0 Å². The highest BCUT2D eigenvalue weighted by atomic mass is 16.5. The van der Waals surface area contributed by atoms with Crippen LogP contribution in [0.5, 0.6) is 0 Å². The maximum absolute atomic E-state index is 11.9. The monoisotopic (exact) mass is 321 g/mol. The Kier molecular flexibility index (Phi) is 5.01. The van der Waals surface area contributed by atoms with Gasteiger partial charge in [-0.15, -0.1) is 0 Å². The van der Waals surface area contributed by atoms with Gasteiger partial charge in [-0.05, 0) is 24.5 Å². The third-order valence-corrected chi connectivity index (χ3v) is 3.77. The summed E-state index contributed by atoms with van der Waals surface area (Å²) in [5.41, 5.74) is 3.16. The molecule has 0 bridgehead atoms. The van der Waals surface area contributed by atoms with Crippen LogP contribution in [-0.4, -0.2) is 16.0 Å². The summed E-state index contributed by atoms with van der Waals surface area (Å²) in [7, 11) is 0. The van der Waals surface area contributed by atoms with Crippen LogP contribution < -0.4 is 5.32 Å². The van der Waals surface area contributed by atoms with Crippen LogP contribution in [0.25, 0.3) is 11.4 Å². The quantitative estimate of drug-likeness (QED) is 0.756. The molecule has 1 heterocycles. The fraction of sp³-hybridized carbons (Fsp3) is 0.211. The highest BCUT2D eigenvalue weighted by Gasteiger charge is 2.11. The zero-order valence-corrected chi connectivity index (χ0v) is 13.5. The topological polar surface area (TPSA) is 68.0 Å². The van der Waals surface area contributed by atoms with Crippen LogP contribution in [0, 0.1) is 6.92 Å². The molecule has 0 aliphatic rings. The van der Waals surface area contributed by atoms with Gasteiger partial charge in [0.2, 0.25) is 17.6 Å². The number of benzene rings is 2. The van der Waals surface area contributed by atoms with Crippen molar-refractivity contribution in [2.45, 2.75) is 26.3 Å². The fourth-order valence-electron chi connectivity index (χ4n) is 2.42. The van der Waals surface area contributed by atoms with Crippen molar-refractivity contribution in [2.75, 3.05) is 0 Å². The first kappa shape index (κ1) is 15.9. The summed E-state index contributed by atoms with van der Waals surface area (Å²) in [5.74, 6) is 0.914. The molecule has 0 spiro atoms. The molecule has 0 unspecified atom stereocenters. The summed E-state index contributed by atoms with van der Waals surface area (Å²) in [6.07, 6.45) is 1.15. The molecule has 3 aromatic rings. The summed E-state index contributed by atoms with van der Waals surface area (Å²) in [6, 6.07) is 17.8. The molecule has 122 valence electrons. The molecule has 1 aromatic heterocycles. The van der Waals surface area contributed by atoms with Crippen LogP contribution in [0.3, 0.4) is 0 Å². The Morgan fingerprint density at radius 2 is 1.83 bits per heavy atom. The Bertz CT molecular complexity index is 812. The van der Waals surface area contributed by atoms with Crippen molar-refractivity contribution in [3.63, 3.8) is 0 Å². The number of rotatable bonds is 6. The molecular weight excluding hydrogens is 302 g/mol. The molecule has 0 atom stereocenters. The molecular formula is C19H19N3O2. The molecule has 0 aliphatic heterocycles. The Morgan fingerprint density at radius 1 is 1.08 bits per heavy atom. The third kappa shape index (κ3) is 4.07. The van der Waals surface area contributed by atoms with Gasteiger partial charge in [-0.3, -0.25) is 4.79 Å². The van der Waals surface area contributed by atoms with E-state index in [-0.39, 0.29) is 12.5 Å². The van der Waals surface area contributed by atoms with E-state index in [1.165, 1.54) is 0 Å². The fourth-order valence-corrected chi connectivity index (χ4v) is 2.42. The minimum absolute atomic E-state index is 0.0329. The number of carbonyl (C=O) groups excluding carboxylic acids is 1. The summed E-state index contributed by atoms with van der Waals surface area (Å²) < 4.78 is 5.21. The van der Waals surface area contributed by atoms with Gasteiger partial charge in [-0.2, -0.15) is 4.98 Å². The minimum Gasteiger partial charge on any atom is -0.347 e. The predicted octanol–water partition coefficient (Wildman–Crippen LogP) is 3.29. The standard InChI is InChI=1S/C19H19N3O2/c1-14-7-5-6-10-16(14)19-21-18(24-22-19)13-20-17(23)12-11-15-8-3-2-4-9-15/h2-10H,11-13H2,1H3,(H,20,23). The third-order valence-electron chi connectivity index (χ3n) is 3.77. The first-order valence-electron chi connectivity index (χ1n) is 7.91. The van der Waals surface area contributed by atoms with Crippen molar-refractivity contribution < 1.29 is 9.32 Å². The summed E-state index contributed by atoms with van der Waals surface area (Å²) in [5, 5.41) is 6.79. The van der Waals surface area contributed by atoms with E-state index in [9.17, 15) is 4.79 Å². The van der Waals surface area contributed by atoms with Crippen LogP contribution in [-0.2, 0) is 17.8 Å². The Morgan fingerprint density at radius 3 is 2.62 bits per heavy atom. The maximum Gasteiger partial charge on any atom is 0.246 e. The van der Waals surface area contributed by atoms with Gasteiger partial charge in [0, 0.05) is 12.0 Å². The predicted molar refractivity (Wildman–Crippen MR) is 91.1 cm³/mol. The number of hydrogen-bond acceptors (Lipinski definition) is 4. The molecule has 1 amide bonds. The van der Waals surface area contributed by atoms with Crippen molar-refractivity contribution >= 4 is 5.91 Å². The Labute approximate surface area is 140 Å². The number of aromatic nitrogens is 2. The second-order valence-electron chi connectivity index (χ2n) is 5.59. The van der Waals surface area contributed by atoms with Gasteiger partial charge in [0.1, 0.15) is 0 Å². The lowest BCUT2D eigenvalue weighted by atomic mass is 10.1. The van der Waals surface area contributed by atoms with Crippen molar-refractivity contribution in [3.05, 3.63) is 71.6 Å². The molecule has 0 aliphatic carbocycles. The van der Waals surface area contributed by atoms with Gasteiger partial charge in [0.05, 0.1) is 6.54 Å². The van der Waals surface area contributed by atoms with Gasteiger partial charge >= 0.3 is 0 Å². The lowest BCUT2D eigenvalue weighted by Crippen LogP contribution is -2.23. The molecule has 0 saturated carbocycles. The van der Waals surface area contributed by atoms with Crippen molar-refractivity contribution in [3.8, 4) is 11.4 Å². The number of amides is 1. The molecule has 0 fully saturated rings. The number of hydrogen-bond donors (Lipinski definition) is 1. The van der Waals surface area contributed by atoms with Gasteiger partial charge in [0.15, 0.2) is 0 Å². The van der Waals surface area contributed by atoms with E-state index >= 15 is 0 Å². The summed E-state index contributed by atoms with van der Waals surface area (Å²) in [4.78, 5) is 16.3. The second kappa shape index (κ2) is 7.55. The molecule has 5 heteroatoms. The molecule has 2 aromatic carbocycles. The minimum atomic E-state index is -0.0329. The number of aryl methyl sites for hydroxylation is 2. The average molecular weight is 321 g/mol. The van der Waals surface area contributed by atoms with E-state index in [4.69, 9.17) is 4.52 Å². The smallest absolute Gasteiger partial charge is 0.246 e. The summed E-state index contributed by atoms with van der Waals surface area (Å²) in [6.45, 7) is 2.24. The van der Waals surface area contributed by atoms with Gasteiger partial charge in [-0.25, -0.2) is 0 Å².